The van der Waals surface area contributed by atoms with E-state index >= 15 is 0 Å². The molecule has 0 radical (unpaired) electrons. The molecule has 0 unspecified atom stereocenters. The number of hydrogen-bond acceptors (Lipinski definition) is 5. The van der Waals surface area contributed by atoms with Gasteiger partial charge in [0.15, 0.2) is 4.32 Å². The van der Waals surface area contributed by atoms with Crippen molar-refractivity contribution in [3.05, 3.63) is 21.9 Å². The molecule has 0 saturated carbocycles. The number of hydrogen-bond donors (Lipinski definition) is 0. The Morgan fingerprint density at radius 3 is 3.00 bits per heavy atom. The van der Waals surface area contributed by atoms with Gasteiger partial charge in [-0.25, -0.2) is 0 Å². The standard InChI is InChI=1S/C9H8N2OS3/c1-6-2-3-14-7(6)4-10-11-8(12)5-15-9(11)13/h2-4H,5H2,1H3. The number of aryl methyl sites for hydroxylation is 1. The number of carbonyl (C=O) groups is 1. The Kier molecular flexibility index (Phi) is 3.18. The van der Waals surface area contributed by atoms with Crippen molar-refractivity contribution in [3.63, 3.8) is 0 Å². The van der Waals surface area contributed by atoms with Gasteiger partial charge in [0.25, 0.3) is 5.91 Å². The van der Waals surface area contributed by atoms with Crippen molar-refractivity contribution in [2.45, 2.75) is 6.92 Å². The van der Waals surface area contributed by atoms with E-state index in [1.165, 1.54) is 16.8 Å². The molecule has 1 saturated heterocycles. The molecule has 0 spiro atoms. The van der Waals surface area contributed by atoms with E-state index in [0.29, 0.717) is 10.1 Å². The van der Waals surface area contributed by atoms with Crippen LogP contribution in [0.25, 0.3) is 0 Å². The van der Waals surface area contributed by atoms with Crippen LogP contribution in [0, 0.1) is 6.92 Å². The molecule has 1 fully saturated rings. The summed E-state index contributed by atoms with van der Waals surface area (Å²) in [7, 11) is 0. The first-order chi connectivity index (χ1) is 7.18. The van der Waals surface area contributed by atoms with Crippen LogP contribution in [0.1, 0.15) is 10.4 Å². The third kappa shape index (κ3) is 2.27. The maximum Gasteiger partial charge on any atom is 0.259 e. The van der Waals surface area contributed by atoms with Crippen molar-refractivity contribution in [1.29, 1.82) is 0 Å². The molecule has 1 amide bonds. The Labute approximate surface area is 101 Å². The third-order valence-electron chi connectivity index (χ3n) is 1.92. The second kappa shape index (κ2) is 4.42. The van der Waals surface area contributed by atoms with Crippen molar-refractivity contribution in [2.75, 3.05) is 5.75 Å². The maximum atomic E-state index is 11.3. The summed E-state index contributed by atoms with van der Waals surface area (Å²) in [4.78, 5) is 12.4. The lowest BCUT2D eigenvalue weighted by molar-refractivity contribution is -0.123. The van der Waals surface area contributed by atoms with Crippen molar-refractivity contribution < 1.29 is 4.79 Å². The molecule has 78 valence electrons. The van der Waals surface area contributed by atoms with Crippen LogP contribution in [0.15, 0.2) is 16.5 Å². The first-order valence-electron chi connectivity index (χ1n) is 4.26. The number of nitrogens with zero attached hydrogens (tertiary/aromatic N) is 2. The number of thiophene rings is 1. The van der Waals surface area contributed by atoms with Crippen molar-refractivity contribution in [3.8, 4) is 0 Å². The molecule has 0 atom stereocenters. The fraction of sp³-hybridized carbons (Fsp3) is 0.222. The van der Waals surface area contributed by atoms with E-state index in [0.717, 1.165) is 10.4 Å². The highest BCUT2D eigenvalue weighted by molar-refractivity contribution is 8.23. The van der Waals surface area contributed by atoms with E-state index in [2.05, 4.69) is 5.10 Å². The molecule has 1 aliphatic rings. The molecule has 1 aliphatic heterocycles. The zero-order valence-corrected chi connectivity index (χ0v) is 10.4. The average Bonchev–Trinajstić information content (AvgIpc) is 2.73. The Bertz CT molecular complexity index is 422. The minimum Gasteiger partial charge on any atom is -0.272 e. The Hall–Kier alpha value is -0.720. The molecule has 3 nitrogen and oxygen atoms in total. The summed E-state index contributed by atoms with van der Waals surface area (Å²) in [6.07, 6.45) is 1.69. The third-order valence-corrected chi connectivity index (χ3v) is 4.21. The molecule has 2 heterocycles. The fourth-order valence-electron chi connectivity index (χ4n) is 1.09. The van der Waals surface area contributed by atoms with Gasteiger partial charge in [0.2, 0.25) is 0 Å². The lowest BCUT2D eigenvalue weighted by atomic mass is 10.3. The van der Waals surface area contributed by atoms with E-state index in [4.69, 9.17) is 12.2 Å². The summed E-state index contributed by atoms with van der Waals surface area (Å²) < 4.78 is 0.533. The normalized spacial score (nSPS) is 17.0. The lowest BCUT2D eigenvalue weighted by Gasteiger charge is -2.05. The predicted molar refractivity (Wildman–Crippen MR) is 68.6 cm³/mol. The highest BCUT2D eigenvalue weighted by Gasteiger charge is 2.25. The Morgan fingerprint density at radius 2 is 2.47 bits per heavy atom. The highest BCUT2D eigenvalue weighted by atomic mass is 32.2. The SMILES string of the molecule is Cc1ccsc1C=NN1C(=O)CSC1=S. The average molecular weight is 256 g/mol. The molecule has 0 N–H and O–H groups in total. The van der Waals surface area contributed by atoms with Crippen LogP contribution in [0.2, 0.25) is 0 Å². The van der Waals surface area contributed by atoms with Gasteiger partial charge in [-0.15, -0.1) is 11.3 Å². The minimum atomic E-state index is -0.0459. The number of thioether (sulfide) groups is 1. The number of carbonyl (C=O) groups excluding carboxylic acids is 1. The number of hydrazone groups is 1. The van der Waals surface area contributed by atoms with Gasteiger partial charge in [0.05, 0.1) is 16.8 Å². The number of amides is 1. The van der Waals surface area contributed by atoms with Gasteiger partial charge in [0, 0.05) is 0 Å². The van der Waals surface area contributed by atoms with Crippen LogP contribution in [0.5, 0.6) is 0 Å². The molecular formula is C9H8N2OS3. The van der Waals surface area contributed by atoms with Crippen LogP contribution in [0.4, 0.5) is 0 Å². The smallest absolute Gasteiger partial charge is 0.259 e. The molecule has 0 aromatic carbocycles. The van der Waals surface area contributed by atoms with Gasteiger partial charge < -0.3 is 0 Å². The molecule has 1 aromatic rings. The Morgan fingerprint density at radius 1 is 1.67 bits per heavy atom. The zero-order valence-electron chi connectivity index (χ0n) is 7.97. The summed E-state index contributed by atoms with van der Waals surface area (Å²) in [5.41, 5.74) is 1.16. The molecule has 2 rings (SSSR count). The summed E-state index contributed by atoms with van der Waals surface area (Å²) >= 11 is 7.95. The molecule has 1 aromatic heterocycles. The van der Waals surface area contributed by atoms with Gasteiger partial charge in [-0.05, 0) is 23.9 Å². The number of rotatable bonds is 2. The molecule has 15 heavy (non-hydrogen) atoms. The van der Waals surface area contributed by atoms with E-state index in [1.807, 2.05) is 18.4 Å². The Balaban J connectivity index is 2.15. The largest absolute Gasteiger partial charge is 0.272 e. The van der Waals surface area contributed by atoms with Gasteiger partial charge in [-0.1, -0.05) is 24.0 Å². The predicted octanol–water partition coefficient (Wildman–Crippen LogP) is 2.25. The van der Waals surface area contributed by atoms with Crippen LogP contribution >= 0.6 is 35.3 Å². The monoisotopic (exact) mass is 256 g/mol. The van der Waals surface area contributed by atoms with Crippen LogP contribution in [-0.2, 0) is 4.79 Å². The number of thiocarbonyl (C=S) groups is 1. The van der Waals surface area contributed by atoms with E-state index in [1.54, 1.807) is 17.6 Å². The molecule has 0 aliphatic carbocycles. The lowest BCUT2D eigenvalue weighted by Crippen LogP contribution is -2.22. The van der Waals surface area contributed by atoms with E-state index in [-0.39, 0.29) is 5.91 Å². The summed E-state index contributed by atoms with van der Waals surface area (Å²) in [5, 5.41) is 7.38. The maximum absolute atomic E-state index is 11.3. The van der Waals surface area contributed by atoms with Crippen molar-refractivity contribution in [1.82, 2.24) is 5.01 Å². The van der Waals surface area contributed by atoms with Gasteiger partial charge in [0.1, 0.15) is 0 Å². The zero-order chi connectivity index (χ0) is 10.8. The minimum absolute atomic E-state index is 0.0459. The van der Waals surface area contributed by atoms with Crippen molar-refractivity contribution >= 4 is 51.8 Å². The highest BCUT2D eigenvalue weighted by Crippen LogP contribution is 2.20. The molecular weight excluding hydrogens is 248 g/mol. The fourth-order valence-corrected chi connectivity index (χ4v) is 2.83. The first-order valence-corrected chi connectivity index (χ1v) is 6.53. The van der Waals surface area contributed by atoms with Gasteiger partial charge >= 0.3 is 0 Å². The second-order valence-electron chi connectivity index (χ2n) is 2.97. The summed E-state index contributed by atoms with van der Waals surface area (Å²) in [6.45, 7) is 2.01. The quantitative estimate of drug-likeness (QED) is 0.601. The molecule has 0 bridgehead atoms. The topological polar surface area (TPSA) is 32.7 Å². The van der Waals surface area contributed by atoms with Crippen LogP contribution < -0.4 is 0 Å². The van der Waals surface area contributed by atoms with Gasteiger partial charge in [-0.2, -0.15) is 10.1 Å². The van der Waals surface area contributed by atoms with E-state index < -0.39 is 0 Å². The van der Waals surface area contributed by atoms with Crippen LogP contribution in [0.3, 0.4) is 0 Å². The summed E-state index contributed by atoms with van der Waals surface area (Å²) in [6, 6.07) is 2.02. The first kappa shape index (κ1) is 10.8. The van der Waals surface area contributed by atoms with Crippen molar-refractivity contribution in [2.24, 2.45) is 5.10 Å². The van der Waals surface area contributed by atoms with Gasteiger partial charge in [-0.3, -0.25) is 4.79 Å². The second-order valence-corrected chi connectivity index (χ2v) is 5.53. The van der Waals surface area contributed by atoms with E-state index in [9.17, 15) is 4.79 Å². The summed E-state index contributed by atoms with van der Waals surface area (Å²) in [5.74, 6) is 0.357. The van der Waals surface area contributed by atoms with Crippen LogP contribution in [-0.4, -0.2) is 27.2 Å². The molecule has 6 heteroatoms.